The lowest BCUT2D eigenvalue weighted by Crippen LogP contribution is -2.50. The van der Waals surface area contributed by atoms with Crippen LogP contribution in [0.2, 0.25) is 0 Å². The van der Waals surface area contributed by atoms with Gasteiger partial charge in [0.25, 0.3) is 0 Å². The molecule has 112 valence electrons. The van der Waals surface area contributed by atoms with Gasteiger partial charge in [0.15, 0.2) is 5.75 Å². The number of hydrogen-bond acceptors (Lipinski definition) is 5. The van der Waals surface area contributed by atoms with Gasteiger partial charge in [-0.05, 0) is 37.4 Å². The molecule has 0 aliphatic heterocycles. The van der Waals surface area contributed by atoms with E-state index in [1.54, 1.807) is 0 Å². The van der Waals surface area contributed by atoms with Crippen LogP contribution in [0.3, 0.4) is 0 Å². The molecule has 0 amide bonds. The van der Waals surface area contributed by atoms with Crippen molar-refractivity contribution < 1.29 is 14.1 Å². The second-order valence-electron chi connectivity index (χ2n) is 5.05. The summed E-state index contributed by atoms with van der Waals surface area (Å²) in [5.41, 5.74) is -1.29. The molecule has 1 aliphatic rings. The second kappa shape index (κ2) is 6.06. The van der Waals surface area contributed by atoms with Crippen LogP contribution in [0.5, 0.6) is 5.75 Å². The van der Waals surface area contributed by atoms with Gasteiger partial charge in [-0.3, -0.25) is 15.4 Å². The van der Waals surface area contributed by atoms with Crippen LogP contribution in [0.4, 0.5) is 10.1 Å². The number of nitro benzene ring substituents is 1. The van der Waals surface area contributed by atoms with Crippen LogP contribution < -0.4 is 10.1 Å². The van der Waals surface area contributed by atoms with E-state index in [0.29, 0.717) is 6.54 Å². The van der Waals surface area contributed by atoms with E-state index >= 15 is 0 Å². The third kappa shape index (κ3) is 3.28. The van der Waals surface area contributed by atoms with E-state index < -0.39 is 22.0 Å². The first kappa shape index (κ1) is 15.2. The van der Waals surface area contributed by atoms with Gasteiger partial charge in [-0.1, -0.05) is 6.92 Å². The molecule has 1 fully saturated rings. The highest BCUT2D eigenvalue weighted by Gasteiger charge is 2.46. The van der Waals surface area contributed by atoms with E-state index in [1.807, 2.05) is 6.92 Å². The Morgan fingerprint density at radius 2 is 2.33 bits per heavy atom. The Labute approximate surface area is 121 Å². The average Bonchev–Trinajstić information content (AvgIpc) is 3.29. The summed E-state index contributed by atoms with van der Waals surface area (Å²) in [6, 6.07) is 5.36. The number of benzene rings is 1. The first-order chi connectivity index (χ1) is 10.0. The summed E-state index contributed by atoms with van der Waals surface area (Å²) >= 11 is 0. The van der Waals surface area contributed by atoms with Gasteiger partial charge in [-0.25, -0.2) is 4.39 Å². The van der Waals surface area contributed by atoms with Crippen LogP contribution in [0.1, 0.15) is 19.8 Å². The molecule has 1 aromatic rings. The highest BCUT2D eigenvalue weighted by molar-refractivity contribution is 5.46. The number of hydrogen-bond donors (Lipinski definition) is 1. The molecule has 0 saturated heterocycles. The van der Waals surface area contributed by atoms with E-state index in [1.165, 1.54) is 6.07 Å². The molecule has 0 radical (unpaired) electrons. The molecule has 6 nitrogen and oxygen atoms in total. The van der Waals surface area contributed by atoms with Crippen molar-refractivity contribution >= 4 is 5.69 Å². The Hall–Kier alpha value is -2.20. The van der Waals surface area contributed by atoms with Crippen LogP contribution in [0, 0.1) is 33.2 Å². The molecular formula is C14H16FN3O3. The minimum absolute atomic E-state index is 0.00548. The summed E-state index contributed by atoms with van der Waals surface area (Å²) in [7, 11) is 0. The molecule has 0 spiro atoms. The number of halogens is 1. The zero-order valence-corrected chi connectivity index (χ0v) is 11.6. The molecule has 1 atom stereocenters. The molecule has 1 saturated carbocycles. The van der Waals surface area contributed by atoms with Gasteiger partial charge in [-0.15, -0.1) is 0 Å². The monoisotopic (exact) mass is 293 g/mol. The number of nitrogens with one attached hydrogen (secondary N) is 1. The van der Waals surface area contributed by atoms with Crippen LogP contribution in [-0.4, -0.2) is 23.6 Å². The quantitative estimate of drug-likeness (QED) is 0.616. The predicted octanol–water partition coefficient (Wildman–Crippen LogP) is 2.39. The van der Waals surface area contributed by atoms with Crippen molar-refractivity contribution in [3.8, 4) is 11.8 Å². The molecule has 0 heterocycles. The van der Waals surface area contributed by atoms with Crippen molar-refractivity contribution in [2.24, 2.45) is 5.92 Å². The fourth-order valence-corrected chi connectivity index (χ4v) is 2.31. The van der Waals surface area contributed by atoms with Gasteiger partial charge in [0, 0.05) is 0 Å². The van der Waals surface area contributed by atoms with Crippen LogP contribution >= 0.6 is 0 Å². The molecule has 1 N–H and O–H groups in total. The van der Waals surface area contributed by atoms with Crippen LogP contribution in [0.25, 0.3) is 0 Å². The molecular weight excluding hydrogens is 277 g/mol. The summed E-state index contributed by atoms with van der Waals surface area (Å²) in [4.78, 5) is 10.2. The second-order valence-corrected chi connectivity index (χ2v) is 5.05. The van der Waals surface area contributed by atoms with Gasteiger partial charge < -0.3 is 4.74 Å². The lowest BCUT2D eigenvalue weighted by Gasteiger charge is -2.27. The van der Waals surface area contributed by atoms with Crippen molar-refractivity contribution in [2.45, 2.75) is 25.3 Å². The van der Waals surface area contributed by atoms with Crippen LogP contribution in [0.15, 0.2) is 18.2 Å². The maximum absolute atomic E-state index is 13.1. The number of ether oxygens (including phenoxy) is 1. The summed E-state index contributed by atoms with van der Waals surface area (Å²) in [5, 5.41) is 23.5. The summed E-state index contributed by atoms with van der Waals surface area (Å²) in [6.07, 6.45) is 1.85. The maximum Gasteiger partial charge on any atom is 0.313 e. The van der Waals surface area contributed by atoms with E-state index in [2.05, 4.69) is 11.4 Å². The van der Waals surface area contributed by atoms with E-state index in [0.717, 1.165) is 25.0 Å². The third-order valence-corrected chi connectivity index (χ3v) is 3.54. The largest absolute Gasteiger partial charge is 0.484 e. The van der Waals surface area contributed by atoms with Gasteiger partial charge in [0.1, 0.15) is 18.0 Å². The Kier molecular flexibility index (Phi) is 4.38. The molecule has 0 aromatic heterocycles. The Bertz CT molecular complexity index is 583. The zero-order chi connectivity index (χ0) is 15.5. The van der Waals surface area contributed by atoms with Gasteiger partial charge in [-0.2, -0.15) is 5.26 Å². The standard InChI is InChI=1S/C14H16FN3O3/c1-2-17-14(8-16,10-3-4-10)9-21-13-6-5-11(15)7-12(13)18(19)20/h5-7,10,17H,2-4,9H2,1H3. The molecule has 21 heavy (non-hydrogen) atoms. The SMILES string of the molecule is CCNC(C#N)(COc1ccc(F)cc1[N+](=O)[O-])C1CC1. The van der Waals surface area contributed by atoms with Crippen molar-refractivity contribution in [2.75, 3.05) is 13.2 Å². The summed E-state index contributed by atoms with van der Waals surface area (Å²) in [5.74, 6) is -0.545. The molecule has 0 bridgehead atoms. The van der Waals surface area contributed by atoms with Crippen LogP contribution in [-0.2, 0) is 0 Å². The summed E-state index contributed by atoms with van der Waals surface area (Å²) in [6.45, 7) is 2.47. The number of nitriles is 1. The predicted molar refractivity (Wildman–Crippen MR) is 73.3 cm³/mol. The maximum atomic E-state index is 13.1. The van der Waals surface area contributed by atoms with E-state index in [4.69, 9.17) is 4.74 Å². The average molecular weight is 293 g/mol. The smallest absolute Gasteiger partial charge is 0.313 e. The number of likely N-dealkylation sites (N-methyl/N-ethyl adjacent to an activating group) is 1. The highest BCUT2D eigenvalue weighted by atomic mass is 19.1. The number of rotatable bonds is 7. The minimum Gasteiger partial charge on any atom is -0.484 e. The van der Waals surface area contributed by atoms with Gasteiger partial charge in [0.05, 0.1) is 17.1 Å². The van der Waals surface area contributed by atoms with E-state index in [-0.39, 0.29) is 18.3 Å². The molecule has 1 unspecified atom stereocenters. The lowest BCUT2D eigenvalue weighted by atomic mass is 9.96. The highest BCUT2D eigenvalue weighted by Crippen LogP contribution is 2.40. The first-order valence-electron chi connectivity index (χ1n) is 6.75. The fourth-order valence-electron chi connectivity index (χ4n) is 2.31. The zero-order valence-electron chi connectivity index (χ0n) is 11.6. The Balaban J connectivity index is 2.18. The Morgan fingerprint density at radius 3 is 2.86 bits per heavy atom. The Morgan fingerprint density at radius 1 is 1.62 bits per heavy atom. The molecule has 1 aromatic carbocycles. The number of nitrogens with zero attached hydrogens (tertiary/aromatic N) is 2. The summed E-state index contributed by atoms with van der Waals surface area (Å²) < 4.78 is 18.6. The van der Waals surface area contributed by atoms with Gasteiger partial charge >= 0.3 is 5.69 Å². The number of nitro groups is 1. The van der Waals surface area contributed by atoms with E-state index in [9.17, 15) is 19.8 Å². The minimum atomic E-state index is -0.850. The molecule has 1 aliphatic carbocycles. The first-order valence-corrected chi connectivity index (χ1v) is 6.75. The lowest BCUT2D eigenvalue weighted by molar-refractivity contribution is -0.386. The molecule has 7 heteroatoms. The normalized spacial score (nSPS) is 16.8. The fraction of sp³-hybridized carbons (Fsp3) is 0.500. The van der Waals surface area contributed by atoms with Crippen molar-refractivity contribution in [1.82, 2.24) is 5.32 Å². The van der Waals surface area contributed by atoms with Gasteiger partial charge in [0.2, 0.25) is 0 Å². The van der Waals surface area contributed by atoms with Crippen molar-refractivity contribution in [3.05, 3.63) is 34.1 Å². The topological polar surface area (TPSA) is 88.2 Å². The van der Waals surface area contributed by atoms with Crippen molar-refractivity contribution in [1.29, 1.82) is 5.26 Å². The third-order valence-electron chi connectivity index (χ3n) is 3.54. The van der Waals surface area contributed by atoms with Crippen molar-refractivity contribution in [3.63, 3.8) is 0 Å². The molecule has 2 rings (SSSR count).